The summed E-state index contributed by atoms with van der Waals surface area (Å²) in [6, 6.07) is 13.2. The monoisotopic (exact) mass is 370 g/mol. The zero-order chi connectivity index (χ0) is 17.9. The minimum Gasteiger partial charge on any atom is -0.467 e. The van der Waals surface area contributed by atoms with E-state index in [4.69, 9.17) is 8.83 Å². The van der Waals surface area contributed by atoms with E-state index in [1.54, 1.807) is 48.9 Å². The Morgan fingerprint density at radius 1 is 1.15 bits per heavy atom. The van der Waals surface area contributed by atoms with Crippen molar-refractivity contribution in [3.8, 4) is 0 Å². The molecule has 1 aliphatic heterocycles. The van der Waals surface area contributed by atoms with Crippen molar-refractivity contribution in [2.45, 2.75) is 17.4 Å². The predicted octanol–water partition coefficient (Wildman–Crippen LogP) is 4.48. The second-order valence-electron chi connectivity index (χ2n) is 5.72. The summed E-state index contributed by atoms with van der Waals surface area (Å²) in [5.41, 5.74) is 0.681. The lowest BCUT2D eigenvalue weighted by Gasteiger charge is -2.19. The van der Waals surface area contributed by atoms with Crippen molar-refractivity contribution in [2.24, 2.45) is 5.10 Å². The van der Waals surface area contributed by atoms with Gasteiger partial charge in [-0.15, -0.1) is 11.8 Å². The van der Waals surface area contributed by atoms with E-state index in [2.05, 4.69) is 5.10 Å². The number of amides is 1. The molecule has 0 radical (unpaired) electrons. The first-order valence-electron chi connectivity index (χ1n) is 8.06. The Balaban J connectivity index is 1.54. The molecule has 132 valence electrons. The van der Waals surface area contributed by atoms with Crippen molar-refractivity contribution in [3.05, 3.63) is 78.4 Å². The first kappa shape index (κ1) is 16.7. The number of hydrogen-bond acceptors (Lipinski definition) is 5. The van der Waals surface area contributed by atoms with Gasteiger partial charge in [0.15, 0.2) is 0 Å². The largest absolute Gasteiger partial charge is 0.467 e. The van der Waals surface area contributed by atoms with E-state index in [9.17, 15) is 9.18 Å². The summed E-state index contributed by atoms with van der Waals surface area (Å²) >= 11 is 1.15. The molecule has 3 heterocycles. The average Bonchev–Trinajstić information content (AvgIpc) is 3.41. The van der Waals surface area contributed by atoms with Crippen LogP contribution >= 0.6 is 11.8 Å². The number of hydrogen-bond donors (Lipinski definition) is 0. The van der Waals surface area contributed by atoms with Crippen LogP contribution in [0.4, 0.5) is 4.39 Å². The van der Waals surface area contributed by atoms with E-state index in [1.165, 1.54) is 11.1 Å². The Hall–Kier alpha value is -2.80. The van der Waals surface area contributed by atoms with Crippen molar-refractivity contribution in [1.82, 2.24) is 5.01 Å². The molecule has 4 rings (SSSR count). The lowest BCUT2D eigenvalue weighted by molar-refractivity contribution is -0.130. The smallest absolute Gasteiger partial charge is 0.253 e. The lowest BCUT2D eigenvalue weighted by atomic mass is 10.1. The molecular weight excluding hydrogens is 355 g/mol. The van der Waals surface area contributed by atoms with Crippen molar-refractivity contribution >= 4 is 23.4 Å². The minimum absolute atomic E-state index is 0.0765. The number of furan rings is 2. The van der Waals surface area contributed by atoms with Gasteiger partial charge in [-0.3, -0.25) is 4.79 Å². The van der Waals surface area contributed by atoms with Crippen LogP contribution < -0.4 is 0 Å². The minimum atomic E-state index is -0.339. The molecule has 26 heavy (non-hydrogen) atoms. The van der Waals surface area contributed by atoms with Gasteiger partial charge >= 0.3 is 0 Å². The van der Waals surface area contributed by atoms with E-state index in [1.807, 2.05) is 6.07 Å². The third-order valence-corrected chi connectivity index (χ3v) is 5.06. The molecule has 0 saturated heterocycles. The SMILES string of the molecule is O=C(CSc1ccccc1F)N1N=C(c2ccco2)CC1c1ccco1. The van der Waals surface area contributed by atoms with Gasteiger partial charge in [-0.25, -0.2) is 9.40 Å². The van der Waals surface area contributed by atoms with Crippen molar-refractivity contribution in [1.29, 1.82) is 0 Å². The molecule has 0 spiro atoms. The maximum absolute atomic E-state index is 13.8. The lowest BCUT2D eigenvalue weighted by Crippen LogP contribution is -2.28. The topological polar surface area (TPSA) is 59.0 Å². The number of rotatable bonds is 5. The van der Waals surface area contributed by atoms with Crippen LogP contribution in [-0.2, 0) is 4.79 Å². The molecule has 0 fully saturated rings. The summed E-state index contributed by atoms with van der Waals surface area (Å²) in [4.78, 5) is 13.2. The Morgan fingerprint density at radius 2 is 1.96 bits per heavy atom. The molecule has 7 heteroatoms. The van der Waals surface area contributed by atoms with E-state index in [-0.39, 0.29) is 23.5 Å². The maximum Gasteiger partial charge on any atom is 0.253 e. The molecule has 0 saturated carbocycles. The molecule has 1 aliphatic rings. The second-order valence-corrected chi connectivity index (χ2v) is 6.73. The summed E-state index contributed by atoms with van der Waals surface area (Å²) in [6.07, 6.45) is 3.63. The second kappa shape index (κ2) is 7.21. The number of hydrazone groups is 1. The third kappa shape index (κ3) is 3.30. The van der Waals surface area contributed by atoms with E-state index in [0.717, 1.165) is 11.8 Å². The molecule has 0 N–H and O–H groups in total. The molecule has 2 aromatic heterocycles. The van der Waals surface area contributed by atoms with Crippen LogP contribution in [0.15, 0.2) is 79.9 Å². The molecule has 3 aromatic rings. The van der Waals surface area contributed by atoms with E-state index >= 15 is 0 Å². The maximum atomic E-state index is 13.8. The highest BCUT2D eigenvalue weighted by Gasteiger charge is 2.35. The molecular formula is C19H15FN2O3S. The Bertz CT molecular complexity index is 922. The van der Waals surface area contributed by atoms with Crippen LogP contribution in [0, 0.1) is 5.82 Å². The average molecular weight is 370 g/mol. The first-order valence-corrected chi connectivity index (χ1v) is 9.05. The molecule has 0 aliphatic carbocycles. The summed E-state index contributed by atoms with van der Waals surface area (Å²) in [5, 5.41) is 5.85. The molecule has 1 aromatic carbocycles. The summed E-state index contributed by atoms with van der Waals surface area (Å²) in [7, 11) is 0. The summed E-state index contributed by atoms with van der Waals surface area (Å²) in [5.74, 6) is 0.793. The molecule has 1 unspecified atom stereocenters. The highest BCUT2D eigenvalue weighted by atomic mass is 32.2. The molecule has 5 nitrogen and oxygen atoms in total. The van der Waals surface area contributed by atoms with Gasteiger partial charge in [0.05, 0.1) is 18.3 Å². The fourth-order valence-corrected chi connectivity index (χ4v) is 3.59. The predicted molar refractivity (Wildman–Crippen MR) is 95.3 cm³/mol. The van der Waals surface area contributed by atoms with Crippen LogP contribution in [0.25, 0.3) is 0 Å². The van der Waals surface area contributed by atoms with Crippen molar-refractivity contribution in [2.75, 3.05) is 5.75 Å². The first-order chi connectivity index (χ1) is 12.7. The highest BCUT2D eigenvalue weighted by Crippen LogP contribution is 2.34. The van der Waals surface area contributed by atoms with E-state index in [0.29, 0.717) is 28.5 Å². The molecule has 1 atom stereocenters. The molecule has 1 amide bonds. The van der Waals surface area contributed by atoms with Crippen molar-refractivity contribution < 1.29 is 18.0 Å². The van der Waals surface area contributed by atoms with Gasteiger partial charge in [0, 0.05) is 11.3 Å². The Labute approximate surface area is 153 Å². The van der Waals surface area contributed by atoms with Crippen LogP contribution in [0.5, 0.6) is 0 Å². The fourth-order valence-electron chi connectivity index (χ4n) is 2.80. The number of halogens is 1. The highest BCUT2D eigenvalue weighted by molar-refractivity contribution is 8.00. The van der Waals surface area contributed by atoms with Gasteiger partial charge in [-0.2, -0.15) is 5.10 Å². The van der Waals surface area contributed by atoms with Gasteiger partial charge in [-0.05, 0) is 36.4 Å². The van der Waals surface area contributed by atoms with Gasteiger partial charge in [0.25, 0.3) is 5.91 Å². The molecule has 0 bridgehead atoms. The van der Waals surface area contributed by atoms with Crippen LogP contribution in [-0.4, -0.2) is 22.4 Å². The van der Waals surface area contributed by atoms with E-state index < -0.39 is 0 Å². The Morgan fingerprint density at radius 3 is 2.69 bits per heavy atom. The van der Waals surface area contributed by atoms with Gasteiger partial charge in [0.2, 0.25) is 0 Å². The van der Waals surface area contributed by atoms with Crippen LogP contribution in [0.1, 0.15) is 24.0 Å². The zero-order valence-corrected chi connectivity index (χ0v) is 14.5. The zero-order valence-electron chi connectivity index (χ0n) is 13.7. The van der Waals surface area contributed by atoms with Crippen LogP contribution in [0.3, 0.4) is 0 Å². The number of carbonyl (C=O) groups is 1. The summed E-state index contributed by atoms with van der Waals surface area (Å²) in [6.45, 7) is 0. The third-order valence-electron chi connectivity index (χ3n) is 4.03. The normalized spacial score (nSPS) is 16.7. The quantitative estimate of drug-likeness (QED) is 0.621. The van der Waals surface area contributed by atoms with Crippen LogP contribution in [0.2, 0.25) is 0 Å². The van der Waals surface area contributed by atoms with Gasteiger partial charge in [-0.1, -0.05) is 12.1 Å². The number of benzene rings is 1. The number of carbonyl (C=O) groups excluding carboxylic acids is 1. The number of nitrogens with zero attached hydrogens (tertiary/aromatic N) is 2. The fraction of sp³-hybridized carbons (Fsp3) is 0.158. The van der Waals surface area contributed by atoms with Gasteiger partial charge in [0.1, 0.15) is 29.1 Å². The Kier molecular flexibility index (Phi) is 4.62. The number of thioether (sulfide) groups is 1. The summed E-state index contributed by atoms with van der Waals surface area (Å²) < 4.78 is 24.6. The van der Waals surface area contributed by atoms with Gasteiger partial charge < -0.3 is 8.83 Å². The van der Waals surface area contributed by atoms with Crippen molar-refractivity contribution in [3.63, 3.8) is 0 Å². The standard InChI is InChI=1S/C19H15FN2O3S/c20-13-5-1-2-8-18(13)26-12-19(23)22-15(17-7-4-10-25-17)11-14(21-22)16-6-3-9-24-16/h1-10,15H,11-12H2.